The van der Waals surface area contributed by atoms with Crippen LogP contribution in [-0.4, -0.2) is 51.6 Å². The van der Waals surface area contributed by atoms with Gasteiger partial charge in [0.1, 0.15) is 0 Å². The van der Waals surface area contributed by atoms with E-state index in [4.69, 9.17) is 31.2 Å². The lowest BCUT2D eigenvalue weighted by molar-refractivity contribution is 0.0962. The number of hydrogen-bond acceptors (Lipinski definition) is 7. The number of thiocarbonyl (C=S) groups is 1. The van der Waals surface area contributed by atoms with Crippen molar-refractivity contribution >= 4 is 22.9 Å². The molecule has 0 spiro atoms. The van der Waals surface area contributed by atoms with Gasteiger partial charge in [0.15, 0.2) is 16.6 Å². The number of rotatable bonds is 6. The number of nitrogens with zero attached hydrogens (tertiary/aromatic N) is 3. The van der Waals surface area contributed by atoms with Crippen molar-refractivity contribution in [1.29, 1.82) is 0 Å². The molecule has 0 amide bonds. The highest BCUT2D eigenvalue weighted by Gasteiger charge is 2.35. The first-order valence-electron chi connectivity index (χ1n) is 11.2. The predicted octanol–water partition coefficient (Wildman–Crippen LogP) is 4.29. The van der Waals surface area contributed by atoms with Gasteiger partial charge in [-0.3, -0.25) is 0 Å². The van der Waals surface area contributed by atoms with Crippen LogP contribution in [0.25, 0.3) is 17.0 Å². The summed E-state index contributed by atoms with van der Waals surface area (Å²) in [6.07, 6.45) is 2.16. The van der Waals surface area contributed by atoms with Gasteiger partial charge in [0.2, 0.25) is 5.82 Å². The molecule has 1 fully saturated rings. The quantitative estimate of drug-likeness (QED) is 0.503. The SMILES string of the molecule is COc1ccc(C2NC(=S)N(CC3CCCO3)C(C)=C2c2nc(-c3ccccc3)no2)cc1O. The summed E-state index contributed by atoms with van der Waals surface area (Å²) in [5.74, 6) is 1.34. The molecule has 34 heavy (non-hydrogen) atoms. The number of phenols is 1. The summed E-state index contributed by atoms with van der Waals surface area (Å²) in [6.45, 7) is 3.41. The van der Waals surface area contributed by atoms with Gasteiger partial charge < -0.3 is 29.3 Å². The summed E-state index contributed by atoms with van der Waals surface area (Å²) >= 11 is 5.75. The number of nitrogens with one attached hydrogen (secondary N) is 1. The topological polar surface area (TPSA) is 92.9 Å². The molecule has 0 bridgehead atoms. The Morgan fingerprint density at radius 3 is 2.76 bits per heavy atom. The number of methoxy groups -OCH3 is 1. The van der Waals surface area contributed by atoms with Crippen molar-refractivity contribution in [3.8, 4) is 22.9 Å². The lowest BCUT2D eigenvalue weighted by Crippen LogP contribution is -2.48. The number of aromatic hydroxyl groups is 1. The third kappa shape index (κ3) is 4.24. The van der Waals surface area contributed by atoms with Gasteiger partial charge in [-0.2, -0.15) is 4.98 Å². The Kier molecular flexibility index (Phi) is 6.21. The fourth-order valence-corrected chi connectivity index (χ4v) is 4.77. The van der Waals surface area contributed by atoms with Crippen molar-refractivity contribution in [3.05, 3.63) is 65.7 Å². The van der Waals surface area contributed by atoms with Crippen LogP contribution < -0.4 is 10.1 Å². The molecule has 9 heteroatoms. The number of aromatic nitrogens is 2. The van der Waals surface area contributed by atoms with E-state index < -0.39 is 6.04 Å². The summed E-state index contributed by atoms with van der Waals surface area (Å²) in [5, 5.41) is 18.6. The lowest BCUT2D eigenvalue weighted by Gasteiger charge is -2.38. The molecule has 8 nitrogen and oxygen atoms in total. The van der Waals surface area contributed by atoms with Crippen LogP contribution in [0.1, 0.15) is 37.3 Å². The second-order valence-electron chi connectivity index (χ2n) is 8.35. The summed E-state index contributed by atoms with van der Waals surface area (Å²) < 4.78 is 16.8. The lowest BCUT2D eigenvalue weighted by atomic mass is 9.94. The smallest absolute Gasteiger partial charge is 0.258 e. The van der Waals surface area contributed by atoms with E-state index in [0.717, 1.165) is 41.8 Å². The normalized spacial score (nSPS) is 20.5. The fraction of sp³-hybridized carbons (Fsp3) is 0.320. The van der Waals surface area contributed by atoms with Gasteiger partial charge in [-0.1, -0.05) is 41.6 Å². The zero-order chi connectivity index (χ0) is 23.7. The largest absolute Gasteiger partial charge is 0.504 e. The standard InChI is InChI=1S/C25H26N4O4S/c1-15-21(24-27-23(28-33-24)16-7-4-3-5-8-16)22(17-10-11-20(31-2)19(30)13-17)26-25(34)29(15)14-18-9-6-12-32-18/h3-5,7-8,10-11,13,18,22,30H,6,9,12,14H2,1-2H3,(H,26,34). The third-order valence-electron chi connectivity index (χ3n) is 6.23. The second kappa shape index (κ2) is 9.44. The van der Waals surface area contributed by atoms with Crippen LogP contribution in [0.4, 0.5) is 0 Å². The summed E-state index contributed by atoms with van der Waals surface area (Å²) in [5.41, 5.74) is 3.37. The first-order valence-corrected chi connectivity index (χ1v) is 11.6. The van der Waals surface area contributed by atoms with E-state index in [1.807, 2.05) is 48.2 Å². The number of hydrogen-bond donors (Lipinski definition) is 2. The molecule has 2 aliphatic heterocycles. The van der Waals surface area contributed by atoms with E-state index in [-0.39, 0.29) is 11.9 Å². The van der Waals surface area contributed by atoms with E-state index in [9.17, 15) is 5.11 Å². The average Bonchev–Trinajstić information content (AvgIpc) is 3.54. The zero-order valence-electron chi connectivity index (χ0n) is 19.0. The van der Waals surface area contributed by atoms with Gasteiger partial charge >= 0.3 is 0 Å². The number of benzene rings is 2. The van der Waals surface area contributed by atoms with Crippen LogP contribution >= 0.6 is 12.2 Å². The van der Waals surface area contributed by atoms with Crippen LogP contribution in [0.3, 0.4) is 0 Å². The van der Waals surface area contributed by atoms with E-state index in [2.05, 4.69) is 10.5 Å². The molecule has 1 aromatic heterocycles. The second-order valence-corrected chi connectivity index (χ2v) is 8.73. The Morgan fingerprint density at radius 1 is 1.24 bits per heavy atom. The van der Waals surface area contributed by atoms with Crippen LogP contribution in [0.15, 0.2) is 58.8 Å². The molecule has 3 aromatic rings. The average molecular weight is 479 g/mol. The summed E-state index contributed by atoms with van der Waals surface area (Å²) in [7, 11) is 1.52. The van der Waals surface area contributed by atoms with Gasteiger partial charge in [-0.15, -0.1) is 0 Å². The molecule has 2 atom stereocenters. The number of ether oxygens (including phenoxy) is 2. The van der Waals surface area contributed by atoms with Crippen molar-refractivity contribution in [2.75, 3.05) is 20.3 Å². The molecule has 2 aromatic carbocycles. The van der Waals surface area contributed by atoms with Gasteiger partial charge in [-0.25, -0.2) is 0 Å². The molecule has 176 valence electrons. The van der Waals surface area contributed by atoms with E-state index in [1.54, 1.807) is 12.1 Å². The van der Waals surface area contributed by atoms with Gasteiger partial charge in [0.25, 0.3) is 5.89 Å². The molecule has 0 radical (unpaired) electrons. The van der Waals surface area contributed by atoms with Crippen LogP contribution in [0.2, 0.25) is 0 Å². The number of phenolic OH excluding ortho intramolecular Hbond substituents is 1. The Morgan fingerprint density at radius 2 is 2.06 bits per heavy atom. The maximum atomic E-state index is 10.4. The summed E-state index contributed by atoms with van der Waals surface area (Å²) in [6, 6.07) is 14.6. The van der Waals surface area contributed by atoms with Crippen LogP contribution in [-0.2, 0) is 4.74 Å². The van der Waals surface area contributed by atoms with Gasteiger partial charge in [-0.05, 0) is 49.7 Å². The zero-order valence-corrected chi connectivity index (χ0v) is 19.8. The minimum absolute atomic E-state index is 0.0435. The van der Waals surface area contributed by atoms with Crippen LogP contribution in [0, 0.1) is 0 Å². The minimum Gasteiger partial charge on any atom is -0.504 e. The highest BCUT2D eigenvalue weighted by atomic mass is 32.1. The molecule has 3 heterocycles. The Labute approximate surface area is 203 Å². The molecule has 1 saturated heterocycles. The molecule has 0 saturated carbocycles. The molecule has 2 unspecified atom stereocenters. The molecular weight excluding hydrogens is 452 g/mol. The van der Waals surface area contributed by atoms with Crippen molar-refractivity contribution in [1.82, 2.24) is 20.4 Å². The molecule has 2 aliphatic rings. The Balaban J connectivity index is 1.58. The van der Waals surface area contributed by atoms with Crippen molar-refractivity contribution in [3.63, 3.8) is 0 Å². The highest BCUT2D eigenvalue weighted by Crippen LogP contribution is 2.40. The maximum Gasteiger partial charge on any atom is 0.258 e. The monoisotopic (exact) mass is 478 g/mol. The van der Waals surface area contributed by atoms with Crippen LogP contribution in [0.5, 0.6) is 11.5 Å². The van der Waals surface area contributed by atoms with E-state index in [1.165, 1.54) is 7.11 Å². The fourth-order valence-electron chi connectivity index (χ4n) is 4.44. The minimum atomic E-state index is -0.394. The van der Waals surface area contributed by atoms with Crippen molar-refractivity contribution in [2.24, 2.45) is 0 Å². The first-order chi connectivity index (χ1) is 16.5. The number of allylic oxidation sites excluding steroid dienone is 1. The molecule has 5 rings (SSSR count). The van der Waals surface area contributed by atoms with Crippen molar-refractivity contribution < 1.29 is 19.1 Å². The van der Waals surface area contributed by atoms with Crippen molar-refractivity contribution in [2.45, 2.75) is 31.9 Å². The first kappa shape index (κ1) is 22.4. The molecule has 0 aliphatic carbocycles. The Bertz CT molecular complexity index is 1220. The molecule has 2 N–H and O–H groups in total. The van der Waals surface area contributed by atoms with Gasteiger partial charge in [0.05, 0.1) is 31.4 Å². The summed E-state index contributed by atoms with van der Waals surface area (Å²) in [4.78, 5) is 6.75. The predicted molar refractivity (Wildman–Crippen MR) is 131 cm³/mol. The third-order valence-corrected chi connectivity index (χ3v) is 6.57. The van der Waals surface area contributed by atoms with Gasteiger partial charge in [0, 0.05) is 17.9 Å². The maximum absolute atomic E-state index is 10.4. The van der Waals surface area contributed by atoms with E-state index in [0.29, 0.717) is 29.1 Å². The molecular formula is C25H26N4O4S. The Hall–Kier alpha value is -3.43. The highest BCUT2D eigenvalue weighted by molar-refractivity contribution is 7.80. The van der Waals surface area contributed by atoms with E-state index >= 15 is 0 Å².